The summed E-state index contributed by atoms with van der Waals surface area (Å²) < 4.78 is 0. The first-order chi connectivity index (χ1) is 8.27. The molecular formula is C14H29NOS. The lowest BCUT2D eigenvalue weighted by Gasteiger charge is -2.27. The van der Waals surface area contributed by atoms with Crippen LogP contribution in [-0.4, -0.2) is 35.8 Å². The van der Waals surface area contributed by atoms with Crippen LogP contribution in [0.3, 0.4) is 0 Å². The molecule has 0 aliphatic heterocycles. The first kappa shape index (κ1) is 15.3. The fourth-order valence-electron chi connectivity index (χ4n) is 2.56. The molecule has 0 atom stereocenters. The highest BCUT2D eigenvalue weighted by atomic mass is 32.2. The van der Waals surface area contributed by atoms with Crippen molar-refractivity contribution < 1.29 is 5.11 Å². The van der Waals surface area contributed by atoms with Crippen molar-refractivity contribution in [2.24, 2.45) is 0 Å². The molecule has 1 saturated carbocycles. The first-order valence-corrected chi connectivity index (χ1v) is 8.58. The fourth-order valence-corrected chi connectivity index (χ4v) is 3.05. The maximum atomic E-state index is 10.4. The zero-order valence-corrected chi connectivity index (χ0v) is 12.2. The lowest BCUT2D eigenvalue weighted by atomic mass is 9.94. The summed E-state index contributed by atoms with van der Waals surface area (Å²) in [5.74, 6) is 1.28. The molecule has 102 valence electrons. The summed E-state index contributed by atoms with van der Waals surface area (Å²) >= 11 is 1.93. The van der Waals surface area contributed by atoms with E-state index in [1.807, 2.05) is 11.8 Å². The molecular weight excluding hydrogens is 230 g/mol. The molecule has 0 unspecified atom stereocenters. The monoisotopic (exact) mass is 259 g/mol. The van der Waals surface area contributed by atoms with Gasteiger partial charge in [-0.1, -0.05) is 32.1 Å². The molecule has 0 amide bonds. The van der Waals surface area contributed by atoms with Crippen LogP contribution in [0, 0.1) is 0 Å². The molecule has 3 heteroatoms. The summed E-state index contributed by atoms with van der Waals surface area (Å²) in [5, 5.41) is 13.9. The van der Waals surface area contributed by atoms with Crippen LogP contribution in [0.4, 0.5) is 0 Å². The predicted octanol–water partition coefficient (Wildman–Crippen LogP) is 3.19. The summed E-state index contributed by atoms with van der Waals surface area (Å²) in [5.41, 5.74) is -0.407. The molecule has 0 saturated heterocycles. The van der Waals surface area contributed by atoms with Gasteiger partial charge in [-0.2, -0.15) is 11.8 Å². The largest absolute Gasteiger partial charge is 0.389 e. The Bertz CT molecular complexity index is 179. The van der Waals surface area contributed by atoms with E-state index in [0.29, 0.717) is 0 Å². The smallest absolute Gasteiger partial charge is 0.0771 e. The first-order valence-electron chi connectivity index (χ1n) is 7.19. The van der Waals surface area contributed by atoms with Gasteiger partial charge in [0.1, 0.15) is 0 Å². The van der Waals surface area contributed by atoms with Crippen molar-refractivity contribution in [1.82, 2.24) is 5.32 Å². The molecule has 0 aromatic carbocycles. The van der Waals surface area contributed by atoms with Crippen LogP contribution in [-0.2, 0) is 0 Å². The minimum absolute atomic E-state index is 0.407. The van der Waals surface area contributed by atoms with Gasteiger partial charge in [0.05, 0.1) is 5.60 Å². The molecule has 1 fully saturated rings. The van der Waals surface area contributed by atoms with Crippen LogP contribution in [0.5, 0.6) is 0 Å². The Kier molecular flexibility index (Phi) is 8.33. The summed E-state index contributed by atoms with van der Waals surface area (Å²) in [6.45, 7) is 1.87. The molecule has 1 aliphatic carbocycles. The lowest BCUT2D eigenvalue weighted by Crippen LogP contribution is -2.40. The van der Waals surface area contributed by atoms with Gasteiger partial charge in [-0.3, -0.25) is 0 Å². The molecule has 0 bridgehead atoms. The topological polar surface area (TPSA) is 32.3 Å². The summed E-state index contributed by atoms with van der Waals surface area (Å²) in [6, 6.07) is 0. The standard InChI is InChI=1S/C14H29NOS/c1-17-12-8-4-7-11-15-13-14(16)9-5-2-3-6-10-14/h15-16H,2-13H2,1H3. The van der Waals surface area contributed by atoms with E-state index in [2.05, 4.69) is 11.6 Å². The Balaban J connectivity index is 2.00. The highest BCUT2D eigenvalue weighted by Crippen LogP contribution is 2.26. The van der Waals surface area contributed by atoms with E-state index < -0.39 is 5.60 Å². The van der Waals surface area contributed by atoms with Gasteiger partial charge in [0, 0.05) is 6.54 Å². The molecule has 2 N–H and O–H groups in total. The number of hydrogen-bond donors (Lipinski definition) is 2. The van der Waals surface area contributed by atoms with Crippen LogP contribution >= 0.6 is 11.8 Å². The molecule has 0 radical (unpaired) electrons. The van der Waals surface area contributed by atoms with Gasteiger partial charge in [-0.15, -0.1) is 0 Å². The predicted molar refractivity (Wildman–Crippen MR) is 77.8 cm³/mol. The lowest BCUT2D eigenvalue weighted by molar-refractivity contribution is 0.0254. The van der Waals surface area contributed by atoms with E-state index >= 15 is 0 Å². The number of unbranched alkanes of at least 4 members (excludes halogenated alkanes) is 2. The third-order valence-electron chi connectivity index (χ3n) is 3.69. The average Bonchev–Trinajstić information content (AvgIpc) is 2.53. The van der Waals surface area contributed by atoms with Gasteiger partial charge in [0.2, 0.25) is 0 Å². The van der Waals surface area contributed by atoms with Gasteiger partial charge in [-0.25, -0.2) is 0 Å². The molecule has 0 aromatic heterocycles. The number of thioether (sulfide) groups is 1. The van der Waals surface area contributed by atoms with Crippen molar-refractivity contribution in [1.29, 1.82) is 0 Å². The second kappa shape index (κ2) is 9.23. The van der Waals surface area contributed by atoms with Crippen molar-refractivity contribution in [2.75, 3.05) is 25.1 Å². The maximum Gasteiger partial charge on any atom is 0.0771 e. The minimum atomic E-state index is -0.407. The summed E-state index contributed by atoms with van der Waals surface area (Å²) in [6.07, 6.45) is 13.0. The van der Waals surface area contributed by atoms with Gasteiger partial charge in [0.25, 0.3) is 0 Å². The van der Waals surface area contributed by atoms with Crippen LogP contribution < -0.4 is 5.32 Å². The Morgan fingerprint density at radius 1 is 1.06 bits per heavy atom. The Morgan fingerprint density at radius 2 is 1.76 bits per heavy atom. The van der Waals surface area contributed by atoms with Crippen molar-refractivity contribution in [3.63, 3.8) is 0 Å². The van der Waals surface area contributed by atoms with Crippen molar-refractivity contribution in [3.05, 3.63) is 0 Å². The van der Waals surface area contributed by atoms with E-state index in [1.54, 1.807) is 0 Å². The zero-order valence-electron chi connectivity index (χ0n) is 11.3. The van der Waals surface area contributed by atoms with Crippen LogP contribution in [0.15, 0.2) is 0 Å². The van der Waals surface area contributed by atoms with Crippen LogP contribution in [0.2, 0.25) is 0 Å². The maximum absolute atomic E-state index is 10.4. The van der Waals surface area contributed by atoms with E-state index in [9.17, 15) is 5.11 Å². The normalized spacial score (nSPS) is 20.1. The number of hydrogen-bond acceptors (Lipinski definition) is 3. The third kappa shape index (κ3) is 7.32. The van der Waals surface area contributed by atoms with Crippen molar-refractivity contribution in [3.8, 4) is 0 Å². The molecule has 1 rings (SSSR count). The van der Waals surface area contributed by atoms with Gasteiger partial charge >= 0.3 is 0 Å². The Labute approximate surface area is 111 Å². The van der Waals surface area contributed by atoms with Gasteiger partial charge in [-0.05, 0) is 44.2 Å². The third-order valence-corrected chi connectivity index (χ3v) is 4.39. The van der Waals surface area contributed by atoms with Gasteiger partial charge < -0.3 is 10.4 Å². The van der Waals surface area contributed by atoms with E-state index in [-0.39, 0.29) is 0 Å². The number of aliphatic hydroxyl groups is 1. The summed E-state index contributed by atoms with van der Waals surface area (Å²) in [4.78, 5) is 0. The number of nitrogens with one attached hydrogen (secondary N) is 1. The SMILES string of the molecule is CSCCCCCNCC1(O)CCCCCC1. The Morgan fingerprint density at radius 3 is 2.41 bits per heavy atom. The van der Waals surface area contributed by atoms with E-state index in [1.165, 1.54) is 50.7 Å². The molecule has 0 heterocycles. The minimum Gasteiger partial charge on any atom is -0.389 e. The van der Waals surface area contributed by atoms with Crippen molar-refractivity contribution in [2.45, 2.75) is 63.4 Å². The Hall–Kier alpha value is 0.270. The molecule has 0 aromatic rings. The molecule has 2 nitrogen and oxygen atoms in total. The molecule has 0 spiro atoms. The van der Waals surface area contributed by atoms with Crippen LogP contribution in [0.25, 0.3) is 0 Å². The average molecular weight is 259 g/mol. The summed E-state index contributed by atoms with van der Waals surface area (Å²) in [7, 11) is 0. The van der Waals surface area contributed by atoms with Crippen molar-refractivity contribution >= 4 is 11.8 Å². The second-order valence-corrected chi connectivity index (χ2v) is 6.35. The molecule has 17 heavy (non-hydrogen) atoms. The van der Waals surface area contributed by atoms with E-state index in [4.69, 9.17) is 0 Å². The molecule has 1 aliphatic rings. The number of rotatable bonds is 8. The van der Waals surface area contributed by atoms with Crippen LogP contribution in [0.1, 0.15) is 57.8 Å². The highest BCUT2D eigenvalue weighted by Gasteiger charge is 2.26. The zero-order chi connectivity index (χ0) is 12.4. The quantitative estimate of drug-likeness (QED) is 0.519. The highest BCUT2D eigenvalue weighted by molar-refractivity contribution is 7.98. The van der Waals surface area contributed by atoms with Gasteiger partial charge in [0.15, 0.2) is 0 Å². The fraction of sp³-hybridized carbons (Fsp3) is 1.00. The second-order valence-electron chi connectivity index (χ2n) is 5.37. The van der Waals surface area contributed by atoms with E-state index in [0.717, 1.165) is 25.9 Å².